The molecule has 0 bridgehead atoms. The van der Waals surface area contributed by atoms with Gasteiger partial charge in [0.15, 0.2) is 0 Å². The van der Waals surface area contributed by atoms with Crippen LogP contribution in [-0.4, -0.2) is 11.1 Å². The Morgan fingerprint density at radius 3 is 2.50 bits per heavy atom. The Morgan fingerprint density at radius 2 is 1.70 bits per heavy atom. The topological polar surface area (TPSA) is 17.0 Å². The molecule has 0 fully saturated rings. The largest absolute Gasteiger partial charge is 0.339 e. The fraction of sp³-hybridized carbons (Fsp3) is 0.222. The molecule has 0 atom stereocenters. The first-order chi connectivity index (χ1) is 9.88. The smallest absolute Gasteiger partial charge is 0.0486 e. The zero-order valence-electron chi connectivity index (χ0n) is 11.8. The summed E-state index contributed by atoms with van der Waals surface area (Å²) in [6.45, 7) is 4.98. The van der Waals surface area contributed by atoms with Crippen molar-refractivity contribution in [3.05, 3.63) is 71.9 Å². The van der Waals surface area contributed by atoms with E-state index in [0.717, 1.165) is 19.6 Å². The van der Waals surface area contributed by atoms with Crippen molar-refractivity contribution in [3.63, 3.8) is 0 Å². The Morgan fingerprint density at radius 1 is 0.950 bits per heavy atom. The third-order valence-corrected chi connectivity index (χ3v) is 3.64. The quantitative estimate of drug-likeness (QED) is 0.741. The molecule has 0 amide bonds. The molecule has 20 heavy (non-hydrogen) atoms. The highest BCUT2D eigenvalue weighted by Crippen LogP contribution is 2.21. The molecule has 2 aromatic carbocycles. The lowest BCUT2D eigenvalue weighted by Crippen LogP contribution is -2.15. The highest BCUT2D eigenvalue weighted by Gasteiger charge is 2.08. The Labute approximate surface area is 120 Å². The van der Waals surface area contributed by atoms with Gasteiger partial charge in [0.25, 0.3) is 0 Å². The number of hydrogen-bond acceptors (Lipinski definition) is 1. The lowest BCUT2D eigenvalue weighted by atomic mass is 10.2. The zero-order chi connectivity index (χ0) is 13.8. The van der Waals surface area contributed by atoms with Crippen molar-refractivity contribution in [1.82, 2.24) is 9.88 Å². The number of nitrogens with zero attached hydrogens (tertiary/aromatic N) is 1. The van der Waals surface area contributed by atoms with Crippen LogP contribution in [0.15, 0.2) is 60.7 Å². The minimum atomic E-state index is 0.915. The van der Waals surface area contributed by atoms with Crippen molar-refractivity contribution in [3.8, 4) is 0 Å². The fourth-order valence-corrected chi connectivity index (χ4v) is 2.62. The summed E-state index contributed by atoms with van der Waals surface area (Å²) in [5.74, 6) is 0. The van der Waals surface area contributed by atoms with Crippen LogP contribution in [0.2, 0.25) is 0 Å². The summed E-state index contributed by atoms with van der Waals surface area (Å²) >= 11 is 0. The van der Waals surface area contributed by atoms with Gasteiger partial charge in [-0.1, -0.05) is 55.5 Å². The highest BCUT2D eigenvalue weighted by atomic mass is 15.0. The van der Waals surface area contributed by atoms with E-state index in [1.807, 2.05) is 0 Å². The first-order valence-electron chi connectivity index (χ1n) is 7.20. The van der Waals surface area contributed by atoms with Crippen LogP contribution in [0.3, 0.4) is 0 Å². The van der Waals surface area contributed by atoms with Gasteiger partial charge in [0.05, 0.1) is 0 Å². The normalized spacial score (nSPS) is 11.1. The van der Waals surface area contributed by atoms with Gasteiger partial charge in [0.1, 0.15) is 0 Å². The van der Waals surface area contributed by atoms with E-state index in [4.69, 9.17) is 0 Å². The van der Waals surface area contributed by atoms with Gasteiger partial charge in [-0.25, -0.2) is 0 Å². The van der Waals surface area contributed by atoms with Crippen LogP contribution in [0.5, 0.6) is 0 Å². The van der Waals surface area contributed by atoms with E-state index < -0.39 is 0 Å². The van der Waals surface area contributed by atoms with Crippen LogP contribution >= 0.6 is 0 Å². The van der Waals surface area contributed by atoms with Crippen LogP contribution < -0.4 is 5.32 Å². The minimum Gasteiger partial charge on any atom is -0.339 e. The number of nitrogens with one attached hydrogen (secondary N) is 1. The summed E-state index contributed by atoms with van der Waals surface area (Å²) in [6.07, 6.45) is 0. The van der Waals surface area contributed by atoms with Gasteiger partial charge in [-0.15, -0.1) is 0 Å². The predicted molar refractivity (Wildman–Crippen MR) is 84.9 cm³/mol. The predicted octanol–water partition coefficient (Wildman–Crippen LogP) is 3.80. The molecule has 0 radical (unpaired) electrons. The molecule has 3 aromatic rings. The van der Waals surface area contributed by atoms with Gasteiger partial charge in [-0.2, -0.15) is 0 Å². The molecule has 0 aliphatic rings. The Kier molecular flexibility index (Phi) is 3.84. The maximum absolute atomic E-state index is 3.43. The van der Waals surface area contributed by atoms with Crippen LogP contribution in [0.1, 0.15) is 18.2 Å². The number of fused-ring (bicyclic) bond motifs is 1. The van der Waals surface area contributed by atoms with Gasteiger partial charge < -0.3 is 9.88 Å². The molecule has 0 aliphatic carbocycles. The first-order valence-corrected chi connectivity index (χ1v) is 7.20. The van der Waals surface area contributed by atoms with Gasteiger partial charge in [-0.05, 0) is 29.6 Å². The summed E-state index contributed by atoms with van der Waals surface area (Å²) in [5, 5.41) is 4.75. The molecular weight excluding hydrogens is 244 g/mol. The molecule has 3 rings (SSSR count). The first kappa shape index (κ1) is 12.9. The van der Waals surface area contributed by atoms with E-state index in [1.165, 1.54) is 22.2 Å². The Hall–Kier alpha value is -2.06. The Balaban J connectivity index is 2.01. The average Bonchev–Trinajstić information content (AvgIpc) is 2.84. The maximum atomic E-state index is 3.43. The molecule has 1 heterocycles. The number of aromatic nitrogens is 1. The van der Waals surface area contributed by atoms with Crippen molar-refractivity contribution in [2.24, 2.45) is 0 Å². The average molecular weight is 264 g/mol. The van der Waals surface area contributed by atoms with E-state index >= 15 is 0 Å². The maximum Gasteiger partial charge on any atom is 0.0486 e. The number of hydrogen-bond donors (Lipinski definition) is 1. The lowest BCUT2D eigenvalue weighted by molar-refractivity contribution is 0.666. The summed E-state index contributed by atoms with van der Waals surface area (Å²) in [7, 11) is 0. The van der Waals surface area contributed by atoms with Crippen LogP contribution in [0.25, 0.3) is 10.9 Å². The summed E-state index contributed by atoms with van der Waals surface area (Å²) in [6, 6.07) is 21.5. The van der Waals surface area contributed by atoms with E-state index in [2.05, 4.69) is 77.5 Å². The highest BCUT2D eigenvalue weighted by molar-refractivity contribution is 5.81. The van der Waals surface area contributed by atoms with Gasteiger partial charge in [0, 0.05) is 24.3 Å². The molecule has 0 unspecified atom stereocenters. The number of para-hydroxylation sites is 1. The van der Waals surface area contributed by atoms with Gasteiger partial charge >= 0.3 is 0 Å². The van der Waals surface area contributed by atoms with Gasteiger partial charge in [0.2, 0.25) is 0 Å². The second kappa shape index (κ2) is 5.93. The molecule has 2 heteroatoms. The minimum absolute atomic E-state index is 0.915. The van der Waals surface area contributed by atoms with Crippen LogP contribution in [-0.2, 0) is 13.1 Å². The van der Waals surface area contributed by atoms with Crippen molar-refractivity contribution in [2.75, 3.05) is 6.54 Å². The number of rotatable bonds is 5. The second-order valence-corrected chi connectivity index (χ2v) is 5.05. The molecule has 2 nitrogen and oxygen atoms in total. The van der Waals surface area contributed by atoms with Crippen LogP contribution in [0, 0.1) is 0 Å². The van der Waals surface area contributed by atoms with Crippen molar-refractivity contribution in [2.45, 2.75) is 20.0 Å². The number of benzene rings is 2. The van der Waals surface area contributed by atoms with Crippen molar-refractivity contribution >= 4 is 10.9 Å². The third-order valence-electron chi connectivity index (χ3n) is 3.64. The molecule has 102 valence electrons. The molecule has 0 saturated carbocycles. The van der Waals surface area contributed by atoms with Crippen molar-refractivity contribution < 1.29 is 0 Å². The fourth-order valence-electron chi connectivity index (χ4n) is 2.62. The molecule has 0 saturated heterocycles. The third kappa shape index (κ3) is 2.61. The standard InChI is InChI=1S/C18H20N2/c1-2-19-13-17-12-16-10-6-7-11-18(16)20(17)14-15-8-4-3-5-9-15/h3-12,19H,2,13-14H2,1H3. The molecule has 0 aliphatic heterocycles. The van der Waals surface area contributed by atoms with E-state index in [-0.39, 0.29) is 0 Å². The van der Waals surface area contributed by atoms with E-state index in [1.54, 1.807) is 0 Å². The van der Waals surface area contributed by atoms with E-state index in [0.29, 0.717) is 0 Å². The molecule has 1 aromatic heterocycles. The molecular formula is C18H20N2. The Bertz CT molecular complexity index is 683. The van der Waals surface area contributed by atoms with Gasteiger partial charge in [-0.3, -0.25) is 0 Å². The molecule has 1 N–H and O–H groups in total. The molecule has 0 spiro atoms. The summed E-state index contributed by atoms with van der Waals surface area (Å²) in [4.78, 5) is 0. The summed E-state index contributed by atoms with van der Waals surface area (Å²) < 4.78 is 2.41. The lowest BCUT2D eigenvalue weighted by Gasteiger charge is -2.11. The SMILES string of the molecule is CCNCc1cc2ccccc2n1Cc1ccccc1. The van der Waals surface area contributed by atoms with E-state index in [9.17, 15) is 0 Å². The zero-order valence-corrected chi connectivity index (χ0v) is 11.8. The van der Waals surface area contributed by atoms with Crippen molar-refractivity contribution in [1.29, 1.82) is 0 Å². The summed E-state index contributed by atoms with van der Waals surface area (Å²) in [5.41, 5.74) is 3.99. The monoisotopic (exact) mass is 264 g/mol. The second-order valence-electron chi connectivity index (χ2n) is 5.05. The van der Waals surface area contributed by atoms with Crippen LogP contribution in [0.4, 0.5) is 0 Å².